The van der Waals surface area contributed by atoms with Crippen LogP contribution in [0.3, 0.4) is 0 Å². The van der Waals surface area contributed by atoms with Crippen molar-refractivity contribution in [3.05, 3.63) is 29.8 Å². The maximum atomic E-state index is 12.1. The van der Waals surface area contributed by atoms with E-state index in [1.165, 1.54) is 38.5 Å². The number of aliphatic imine (C=N–C) groups is 1. The third kappa shape index (κ3) is 5.59. The van der Waals surface area contributed by atoms with Crippen LogP contribution in [-0.2, 0) is 4.79 Å². The molecule has 4 unspecified atom stereocenters. The molecule has 2 saturated carbocycles. The molecular weight excluding hydrogens is 491 g/mol. The Hall–Kier alpha value is -1.51. The molecule has 3 aliphatic rings. The van der Waals surface area contributed by atoms with E-state index in [4.69, 9.17) is 4.74 Å². The molecule has 4 rings (SSSR count). The first-order chi connectivity index (χ1) is 14.1. The van der Waals surface area contributed by atoms with Crippen LogP contribution in [0.5, 0.6) is 5.75 Å². The van der Waals surface area contributed by atoms with E-state index in [0.717, 1.165) is 35.5 Å². The van der Waals surface area contributed by atoms with Crippen molar-refractivity contribution < 1.29 is 9.53 Å². The van der Waals surface area contributed by atoms with Gasteiger partial charge in [-0.2, -0.15) is 0 Å². The van der Waals surface area contributed by atoms with Gasteiger partial charge < -0.3 is 20.3 Å². The Morgan fingerprint density at radius 1 is 1.10 bits per heavy atom. The van der Waals surface area contributed by atoms with Crippen molar-refractivity contribution >= 4 is 35.8 Å². The Morgan fingerprint density at radius 2 is 1.90 bits per heavy atom. The summed E-state index contributed by atoms with van der Waals surface area (Å²) in [4.78, 5) is 18.4. The lowest BCUT2D eigenvalue weighted by molar-refractivity contribution is -0.127. The molecule has 0 aromatic heterocycles. The number of benzene rings is 1. The highest BCUT2D eigenvalue weighted by molar-refractivity contribution is 14.0. The van der Waals surface area contributed by atoms with Crippen LogP contribution in [0.25, 0.3) is 0 Å². The number of halogens is 1. The summed E-state index contributed by atoms with van der Waals surface area (Å²) < 4.78 is 5.80. The molecule has 1 aliphatic heterocycles. The van der Waals surface area contributed by atoms with Crippen LogP contribution >= 0.6 is 24.0 Å². The smallest absolute Gasteiger partial charge is 0.243 e. The second kappa shape index (κ2) is 10.7. The number of hydrogen-bond donors (Lipinski definition) is 2. The molecule has 0 radical (unpaired) electrons. The van der Waals surface area contributed by atoms with Gasteiger partial charge in [-0.3, -0.25) is 4.79 Å². The third-order valence-corrected chi connectivity index (χ3v) is 6.77. The summed E-state index contributed by atoms with van der Waals surface area (Å²) in [7, 11) is 3.54. The molecule has 1 amide bonds. The van der Waals surface area contributed by atoms with Gasteiger partial charge in [-0.05, 0) is 37.2 Å². The van der Waals surface area contributed by atoms with Crippen molar-refractivity contribution in [3.63, 3.8) is 0 Å². The van der Waals surface area contributed by atoms with Gasteiger partial charge in [0, 0.05) is 32.1 Å². The standard InChI is InChI=1S/C23H34N4O2.HI/c1-27(2)22(28)15-24-23(25-18-11-10-16-6-5-7-17(16)14-18)26-20-12-13-29-21-9-4-3-8-19(20)21;/h3-4,8-9,16-18,20H,5-7,10-15H2,1-2H3,(H2,24,25,26);1H. The number of carbonyl (C=O) groups is 1. The fourth-order valence-corrected chi connectivity index (χ4v) is 5.11. The lowest BCUT2D eigenvalue weighted by Gasteiger charge is -2.34. The van der Waals surface area contributed by atoms with E-state index in [0.29, 0.717) is 12.6 Å². The Kier molecular flexibility index (Phi) is 8.25. The normalized spacial score (nSPS) is 27.7. The second-order valence-electron chi connectivity index (χ2n) is 8.93. The Balaban J connectivity index is 0.00000256. The fourth-order valence-electron chi connectivity index (χ4n) is 5.11. The van der Waals surface area contributed by atoms with Gasteiger partial charge in [-0.1, -0.05) is 37.5 Å². The van der Waals surface area contributed by atoms with Crippen LogP contribution in [0, 0.1) is 11.8 Å². The SMILES string of the molecule is CN(C)C(=O)CN=C(NC1CCC2CCCC2C1)NC1CCOc2ccccc21.I. The number of guanidine groups is 1. The molecule has 1 aromatic rings. The maximum absolute atomic E-state index is 12.1. The molecular formula is C23H35IN4O2. The summed E-state index contributed by atoms with van der Waals surface area (Å²) in [6.07, 6.45) is 8.77. The predicted octanol–water partition coefficient (Wildman–Crippen LogP) is 3.72. The molecule has 2 fully saturated rings. The molecule has 30 heavy (non-hydrogen) atoms. The number of fused-ring (bicyclic) bond motifs is 2. The molecule has 2 aliphatic carbocycles. The van der Waals surface area contributed by atoms with Crippen molar-refractivity contribution in [3.8, 4) is 5.75 Å². The molecule has 1 aromatic carbocycles. The number of para-hydroxylation sites is 1. The van der Waals surface area contributed by atoms with Crippen LogP contribution in [0.4, 0.5) is 0 Å². The van der Waals surface area contributed by atoms with Crippen LogP contribution in [0.1, 0.15) is 56.6 Å². The zero-order valence-electron chi connectivity index (χ0n) is 18.1. The van der Waals surface area contributed by atoms with E-state index in [1.54, 1.807) is 19.0 Å². The minimum atomic E-state index is 0. The van der Waals surface area contributed by atoms with E-state index in [1.807, 2.05) is 18.2 Å². The summed E-state index contributed by atoms with van der Waals surface area (Å²) in [6, 6.07) is 8.75. The monoisotopic (exact) mass is 526 g/mol. The number of rotatable bonds is 4. The van der Waals surface area contributed by atoms with E-state index >= 15 is 0 Å². The van der Waals surface area contributed by atoms with Crippen molar-refractivity contribution in [1.82, 2.24) is 15.5 Å². The summed E-state index contributed by atoms with van der Waals surface area (Å²) in [6.45, 7) is 0.845. The van der Waals surface area contributed by atoms with Crippen LogP contribution in [0.2, 0.25) is 0 Å². The lowest BCUT2D eigenvalue weighted by Crippen LogP contribution is -2.48. The number of amides is 1. The summed E-state index contributed by atoms with van der Waals surface area (Å²) in [5.41, 5.74) is 1.16. The van der Waals surface area contributed by atoms with E-state index < -0.39 is 0 Å². The van der Waals surface area contributed by atoms with E-state index in [-0.39, 0.29) is 42.5 Å². The molecule has 0 spiro atoms. The third-order valence-electron chi connectivity index (χ3n) is 6.77. The first-order valence-electron chi connectivity index (χ1n) is 11.1. The van der Waals surface area contributed by atoms with Gasteiger partial charge in [0.25, 0.3) is 0 Å². The Morgan fingerprint density at radius 3 is 2.73 bits per heavy atom. The molecule has 1 heterocycles. The number of likely N-dealkylation sites (N-methyl/N-ethyl adjacent to an activating group) is 1. The van der Waals surface area contributed by atoms with Crippen molar-refractivity contribution in [1.29, 1.82) is 0 Å². The number of ether oxygens (including phenoxy) is 1. The summed E-state index contributed by atoms with van der Waals surface area (Å²) in [5, 5.41) is 7.27. The molecule has 7 heteroatoms. The Bertz CT molecular complexity index is 754. The zero-order valence-corrected chi connectivity index (χ0v) is 20.4. The van der Waals surface area contributed by atoms with Gasteiger partial charge >= 0.3 is 0 Å². The maximum Gasteiger partial charge on any atom is 0.243 e. The highest BCUT2D eigenvalue weighted by Gasteiger charge is 2.34. The molecule has 6 nitrogen and oxygen atoms in total. The highest BCUT2D eigenvalue weighted by Crippen LogP contribution is 2.42. The number of nitrogens with zero attached hydrogens (tertiary/aromatic N) is 2. The first kappa shape index (κ1) is 23.2. The molecule has 2 N–H and O–H groups in total. The molecule has 0 saturated heterocycles. The van der Waals surface area contributed by atoms with Gasteiger partial charge in [-0.25, -0.2) is 4.99 Å². The minimum Gasteiger partial charge on any atom is -0.493 e. The zero-order chi connectivity index (χ0) is 20.2. The fraction of sp³-hybridized carbons (Fsp3) is 0.652. The first-order valence-corrected chi connectivity index (χ1v) is 11.1. The molecule has 0 bridgehead atoms. The van der Waals surface area contributed by atoms with Gasteiger partial charge in [0.15, 0.2) is 5.96 Å². The quantitative estimate of drug-likeness (QED) is 0.357. The second-order valence-corrected chi connectivity index (χ2v) is 8.93. The highest BCUT2D eigenvalue weighted by atomic mass is 127. The van der Waals surface area contributed by atoms with Crippen molar-refractivity contribution in [2.45, 2.75) is 57.0 Å². The van der Waals surface area contributed by atoms with Crippen LogP contribution in [0.15, 0.2) is 29.3 Å². The van der Waals surface area contributed by atoms with Crippen molar-refractivity contribution in [2.24, 2.45) is 16.8 Å². The summed E-state index contributed by atoms with van der Waals surface area (Å²) >= 11 is 0. The lowest BCUT2D eigenvalue weighted by atomic mass is 9.79. The van der Waals surface area contributed by atoms with Gasteiger partial charge in [-0.15, -0.1) is 24.0 Å². The minimum absolute atomic E-state index is 0. The number of carbonyl (C=O) groups excluding carboxylic acids is 1. The van der Waals surface area contributed by atoms with E-state index in [2.05, 4.69) is 21.7 Å². The van der Waals surface area contributed by atoms with Crippen LogP contribution in [-0.4, -0.2) is 50.1 Å². The summed E-state index contributed by atoms with van der Waals surface area (Å²) in [5.74, 6) is 3.49. The van der Waals surface area contributed by atoms with Crippen molar-refractivity contribution in [2.75, 3.05) is 27.2 Å². The number of nitrogens with one attached hydrogen (secondary N) is 2. The largest absolute Gasteiger partial charge is 0.493 e. The molecule has 166 valence electrons. The Labute approximate surface area is 197 Å². The predicted molar refractivity (Wildman–Crippen MR) is 130 cm³/mol. The topological polar surface area (TPSA) is 66.0 Å². The average molecular weight is 526 g/mol. The van der Waals surface area contributed by atoms with Crippen LogP contribution < -0.4 is 15.4 Å². The van der Waals surface area contributed by atoms with E-state index in [9.17, 15) is 4.79 Å². The average Bonchev–Trinajstić information content (AvgIpc) is 3.20. The van der Waals surface area contributed by atoms with Gasteiger partial charge in [0.05, 0.1) is 12.6 Å². The van der Waals surface area contributed by atoms with Gasteiger partial charge in [0.2, 0.25) is 5.91 Å². The van der Waals surface area contributed by atoms with Gasteiger partial charge in [0.1, 0.15) is 12.3 Å². The molecule has 4 atom stereocenters. The number of hydrogen-bond acceptors (Lipinski definition) is 3.